The molecule has 112 valence electrons. The van der Waals surface area contributed by atoms with Crippen LogP contribution in [0.15, 0.2) is 0 Å². The van der Waals surface area contributed by atoms with E-state index in [1.807, 2.05) is 0 Å². The molecule has 0 amide bonds. The van der Waals surface area contributed by atoms with Crippen LogP contribution in [0, 0.1) is 0 Å². The van der Waals surface area contributed by atoms with Gasteiger partial charge in [-0.1, -0.05) is 26.2 Å². The highest BCUT2D eigenvalue weighted by Crippen LogP contribution is 2.37. The molecule has 0 saturated heterocycles. The molecule has 1 aromatic heterocycles. The van der Waals surface area contributed by atoms with Crippen LogP contribution in [-0.2, 0) is 21.5 Å². The molecule has 0 radical (unpaired) electrons. The third kappa shape index (κ3) is 3.33. The van der Waals surface area contributed by atoms with Crippen LogP contribution in [0.5, 0.6) is 0 Å². The fourth-order valence-corrected chi connectivity index (χ4v) is 2.93. The highest BCUT2D eigenvalue weighted by molar-refractivity contribution is 5.67. The number of methoxy groups -OCH3 is 1. The van der Waals surface area contributed by atoms with Crippen molar-refractivity contribution >= 4 is 5.97 Å². The lowest BCUT2D eigenvalue weighted by Gasteiger charge is -2.32. The van der Waals surface area contributed by atoms with Gasteiger partial charge in [0.1, 0.15) is 0 Å². The molecule has 1 aliphatic rings. The van der Waals surface area contributed by atoms with E-state index in [1.165, 1.54) is 26.4 Å². The van der Waals surface area contributed by atoms with Gasteiger partial charge in [0.15, 0.2) is 5.82 Å². The van der Waals surface area contributed by atoms with Gasteiger partial charge in [0.05, 0.1) is 19.1 Å². The number of hydrogen-bond donors (Lipinski definition) is 1. The number of tetrazole rings is 1. The first-order valence-electron chi connectivity index (χ1n) is 7.06. The standard InChI is InChI=1S/C13H22N4O3/c1-13(6-4-3-5-7-13)12-14-15-16-17(12)9-10(20-2)8-11(18)19/h10H,3-9H2,1-2H3,(H,18,19). The average Bonchev–Trinajstić information content (AvgIpc) is 2.87. The lowest BCUT2D eigenvalue weighted by atomic mass is 9.75. The number of nitrogens with zero attached hydrogens (tertiary/aromatic N) is 4. The molecule has 0 bridgehead atoms. The minimum absolute atomic E-state index is 0.0106. The number of rotatable bonds is 6. The highest BCUT2D eigenvalue weighted by Gasteiger charge is 2.34. The van der Waals surface area contributed by atoms with Gasteiger partial charge in [-0.05, 0) is 23.3 Å². The molecular formula is C13H22N4O3. The maximum Gasteiger partial charge on any atom is 0.306 e. The molecule has 0 aromatic carbocycles. The van der Waals surface area contributed by atoms with Gasteiger partial charge in [-0.3, -0.25) is 4.79 Å². The topological polar surface area (TPSA) is 90.1 Å². The van der Waals surface area contributed by atoms with Gasteiger partial charge in [-0.15, -0.1) is 5.10 Å². The van der Waals surface area contributed by atoms with Crippen LogP contribution < -0.4 is 0 Å². The van der Waals surface area contributed by atoms with Crippen molar-refractivity contribution in [3.63, 3.8) is 0 Å². The first-order valence-corrected chi connectivity index (χ1v) is 7.06. The van der Waals surface area contributed by atoms with Gasteiger partial charge >= 0.3 is 5.97 Å². The maximum atomic E-state index is 10.8. The van der Waals surface area contributed by atoms with E-state index in [2.05, 4.69) is 22.4 Å². The number of ether oxygens (including phenoxy) is 1. The summed E-state index contributed by atoms with van der Waals surface area (Å²) >= 11 is 0. The zero-order valence-electron chi connectivity index (χ0n) is 12.1. The lowest BCUT2D eigenvalue weighted by Crippen LogP contribution is -2.32. The smallest absolute Gasteiger partial charge is 0.306 e. The molecule has 1 unspecified atom stereocenters. The van der Waals surface area contributed by atoms with Crippen molar-refractivity contribution in [1.29, 1.82) is 0 Å². The van der Waals surface area contributed by atoms with Gasteiger partial charge < -0.3 is 9.84 Å². The molecule has 7 nitrogen and oxygen atoms in total. The fraction of sp³-hybridized carbons (Fsp3) is 0.846. The largest absolute Gasteiger partial charge is 0.481 e. The molecule has 1 heterocycles. The number of aromatic nitrogens is 4. The summed E-state index contributed by atoms with van der Waals surface area (Å²) in [6.45, 7) is 2.56. The van der Waals surface area contributed by atoms with E-state index < -0.39 is 12.1 Å². The number of hydrogen-bond acceptors (Lipinski definition) is 5. The highest BCUT2D eigenvalue weighted by atomic mass is 16.5. The number of aliphatic carboxylic acids is 1. The van der Waals surface area contributed by atoms with Crippen LogP contribution in [0.2, 0.25) is 0 Å². The molecule has 0 aliphatic heterocycles. The molecule has 1 N–H and O–H groups in total. The summed E-state index contributed by atoms with van der Waals surface area (Å²) in [5.41, 5.74) is -0.0106. The quantitative estimate of drug-likeness (QED) is 0.847. The second kappa shape index (κ2) is 6.30. The summed E-state index contributed by atoms with van der Waals surface area (Å²) in [7, 11) is 1.51. The van der Waals surface area contributed by atoms with Gasteiger partial charge in [0.2, 0.25) is 0 Å². The zero-order valence-corrected chi connectivity index (χ0v) is 12.1. The molecule has 20 heavy (non-hydrogen) atoms. The Hall–Kier alpha value is -1.50. The summed E-state index contributed by atoms with van der Waals surface area (Å²) in [5, 5.41) is 20.8. The van der Waals surface area contributed by atoms with Crippen LogP contribution in [0.25, 0.3) is 0 Å². The van der Waals surface area contributed by atoms with Crippen LogP contribution in [-0.4, -0.2) is 44.5 Å². The number of carboxylic acids is 1. The van der Waals surface area contributed by atoms with Crippen LogP contribution in [0.1, 0.15) is 51.3 Å². The summed E-state index contributed by atoms with van der Waals surface area (Å²) < 4.78 is 6.92. The summed E-state index contributed by atoms with van der Waals surface area (Å²) in [5.74, 6) is -0.0278. The first-order chi connectivity index (χ1) is 9.55. The van der Waals surface area contributed by atoms with E-state index in [9.17, 15) is 4.79 Å². The third-order valence-electron chi connectivity index (χ3n) is 4.14. The zero-order chi connectivity index (χ0) is 14.6. The van der Waals surface area contributed by atoms with Crippen molar-refractivity contribution in [2.45, 2.75) is 63.5 Å². The molecule has 1 atom stereocenters. The minimum Gasteiger partial charge on any atom is -0.481 e. The number of carboxylic acid groups (broad SMARTS) is 1. The summed E-state index contributed by atoms with van der Waals surface area (Å²) in [4.78, 5) is 10.8. The minimum atomic E-state index is -0.879. The maximum absolute atomic E-state index is 10.8. The molecule has 2 rings (SSSR count). The fourth-order valence-electron chi connectivity index (χ4n) is 2.93. The van der Waals surface area contributed by atoms with E-state index >= 15 is 0 Å². The van der Waals surface area contributed by atoms with E-state index in [4.69, 9.17) is 9.84 Å². The van der Waals surface area contributed by atoms with Gasteiger partial charge in [-0.25, -0.2) is 4.68 Å². The SMILES string of the molecule is COC(CC(=O)O)Cn1nnnc1C1(C)CCCCC1. The predicted molar refractivity (Wildman–Crippen MR) is 71.3 cm³/mol. The Labute approximate surface area is 118 Å². The van der Waals surface area contributed by atoms with Crippen molar-refractivity contribution in [2.75, 3.05) is 7.11 Å². The van der Waals surface area contributed by atoms with Crippen molar-refractivity contribution < 1.29 is 14.6 Å². The second-order valence-corrected chi connectivity index (χ2v) is 5.76. The van der Waals surface area contributed by atoms with Crippen molar-refractivity contribution in [3.8, 4) is 0 Å². The van der Waals surface area contributed by atoms with Crippen LogP contribution in [0.3, 0.4) is 0 Å². The van der Waals surface area contributed by atoms with E-state index in [0.29, 0.717) is 6.54 Å². The Morgan fingerprint density at radius 3 is 2.75 bits per heavy atom. The molecule has 1 saturated carbocycles. The normalized spacial score (nSPS) is 19.7. The Kier molecular flexibility index (Phi) is 4.69. The van der Waals surface area contributed by atoms with E-state index in [0.717, 1.165) is 18.7 Å². The lowest BCUT2D eigenvalue weighted by molar-refractivity contribution is -0.140. The molecule has 1 aliphatic carbocycles. The number of carbonyl (C=O) groups is 1. The second-order valence-electron chi connectivity index (χ2n) is 5.76. The summed E-state index contributed by atoms with van der Waals surface area (Å²) in [6, 6.07) is 0. The predicted octanol–water partition coefficient (Wildman–Crippen LogP) is 1.38. The van der Waals surface area contributed by atoms with Crippen molar-refractivity contribution in [3.05, 3.63) is 5.82 Å². The van der Waals surface area contributed by atoms with E-state index in [1.54, 1.807) is 4.68 Å². The Bertz CT molecular complexity index is 454. The summed E-state index contributed by atoms with van der Waals surface area (Å²) in [6.07, 6.45) is 5.32. The van der Waals surface area contributed by atoms with Gasteiger partial charge in [0.25, 0.3) is 0 Å². The molecule has 1 aromatic rings. The Morgan fingerprint density at radius 2 is 2.15 bits per heavy atom. The van der Waals surface area contributed by atoms with Crippen molar-refractivity contribution in [2.24, 2.45) is 0 Å². The van der Waals surface area contributed by atoms with Crippen LogP contribution in [0.4, 0.5) is 0 Å². The first kappa shape index (κ1) is 14.9. The third-order valence-corrected chi connectivity index (χ3v) is 4.14. The molecule has 7 heteroatoms. The monoisotopic (exact) mass is 282 g/mol. The molecule has 1 fully saturated rings. The van der Waals surface area contributed by atoms with Gasteiger partial charge in [-0.2, -0.15) is 0 Å². The molecule has 0 spiro atoms. The van der Waals surface area contributed by atoms with Crippen molar-refractivity contribution in [1.82, 2.24) is 20.2 Å². The average molecular weight is 282 g/mol. The van der Waals surface area contributed by atoms with Gasteiger partial charge in [0, 0.05) is 12.5 Å². The Balaban J connectivity index is 2.13. The molecular weight excluding hydrogens is 260 g/mol. The Morgan fingerprint density at radius 1 is 1.45 bits per heavy atom. The van der Waals surface area contributed by atoms with E-state index in [-0.39, 0.29) is 11.8 Å². The van der Waals surface area contributed by atoms with Crippen LogP contribution >= 0.6 is 0 Å².